The van der Waals surface area contributed by atoms with Crippen molar-refractivity contribution in [3.63, 3.8) is 0 Å². The molecule has 0 aliphatic heterocycles. The number of hydrogen-bond donors (Lipinski definition) is 1. The van der Waals surface area contributed by atoms with Gasteiger partial charge in [-0.1, -0.05) is 19.8 Å². The molecule has 15 heavy (non-hydrogen) atoms. The fourth-order valence-corrected chi connectivity index (χ4v) is 2.97. The van der Waals surface area contributed by atoms with E-state index in [0.29, 0.717) is 5.92 Å². The molecule has 1 N–H and O–H groups in total. The lowest BCUT2D eigenvalue weighted by Crippen LogP contribution is -2.41. The van der Waals surface area contributed by atoms with E-state index in [4.69, 9.17) is 5.26 Å². The third kappa shape index (κ3) is 3.47. The standard InChI is InChI=1S/C10H18N2O2S/c1-8-4-3-5-10(6-8)12-15(13,14)9(2)7-11/h8-10,12H,3-6H2,1-2H3. The second-order valence-corrected chi connectivity index (χ2v) is 6.44. The zero-order chi connectivity index (χ0) is 11.5. The van der Waals surface area contributed by atoms with Crippen molar-refractivity contribution < 1.29 is 8.42 Å². The average Bonchev–Trinajstić information content (AvgIpc) is 2.15. The Bertz CT molecular complexity index is 345. The summed E-state index contributed by atoms with van der Waals surface area (Å²) in [5, 5.41) is 7.62. The zero-order valence-corrected chi connectivity index (χ0v) is 10.0. The molecule has 0 spiro atoms. The Balaban J connectivity index is 2.58. The normalized spacial score (nSPS) is 29.4. The van der Waals surface area contributed by atoms with Crippen molar-refractivity contribution in [3.05, 3.63) is 0 Å². The van der Waals surface area contributed by atoms with Crippen molar-refractivity contribution >= 4 is 10.0 Å². The van der Waals surface area contributed by atoms with Crippen molar-refractivity contribution in [3.8, 4) is 6.07 Å². The first-order valence-corrected chi connectivity index (χ1v) is 6.91. The summed E-state index contributed by atoms with van der Waals surface area (Å²) in [6, 6.07) is 1.78. The summed E-state index contributed by atoms with van der Waals surface area (Å²) < 4.78 is 25.8. The summed E-state index contributed by atoms with van der Waals surface area (Å²) in [5.41, 5.74) is 0. The Morgan fingerprint density at radius 2 is 2.13 bits per heavy atom. The van der Waals surface area contributed by atoms with Crippen LogP contribution in [0, 0.1) is 17.2 Å². The van der Waals surface area contributed by atoms with Crippen molar-refractivity contribution in [2.24, 2.45) is 5.92 Å². The van der Waals surface area contributed by atoms with Crippen LogP contribution in [0.3, 0.4) is 0 Å². The quantitative estimate of drug-likeness (QED) is 0.796. The van der Waals surface area contributed by atoms with Crippen LogP contribution in [0.25, 0.3) is 0 Å². The van der Waals surface area contributed by atoms with E-state index in [-0.39, 0.29) is 6.04 Å². The lowest BCUT2D eigenvalue weighted by molar-refractivity contribution is 0.327. The predicted molar refractivity (Wildman–Crippen MR) is 58.6 cm³/mol. The largest absolute Gasteiger partial charge is 0.227 e. The molecule has 0 aromatic carbocycles. The highest BCUT2D eigenvalue weighted by Crippen LogP contribution is 2.24. The van der Waals surface area contributed by atoms with Crippen molar-refractivity contribution in [2.75, 3.05) is 0 Å². The summed E-state index contributed by atoms with van der Waals surface area (Å²) in [6.45, 7) is 3.54. The third-order valence-corrected chi connectivity index (χ3v) is 4.61. The van der Waals surface area contributed by atoms with Crippen molar-refractivity contribution in [2.45, 2.75) is 50.8 Å². The lowest BCUT2D eigenvalue weighted by Gasteiger charge is -2.27. The molecule has 0 saturated heterocycles. The molecule has 1 aliphatic rings. The molecule has 3 unspecified atom stereocenters. The number of hydrogen-bond acceptors (Lipinski definition) is 3. The first-order chi connectivity index (χ1) is 6.95. The van der Waals surface area contributed by atoms with E-state index in [1.165, 1.54) is 13.3 Å². The van der Waals surface area contributed by atoms with Crippen LogP contribution in [0.5, 0.6) is 0 Å². The van der Waals surface area contributed by atoms with Crippen LogP contribution in [0.2, 0.25) is 0 Å². The molecule has 1 aliphatic carbocycles. The topological polar surface area (TPSA) is 70.0 Å². The van der Waals surface area contributed by atoms with E-state index < -0.39 is 15.3 Å². The number of nitriles is 1. The van der Waals surface area contributed by atoms with Gasteiger partial charge in [-0.2, -0.15) is 5.26 Å². The summed E-state index contributed by atoms with van der Waals surface area (Å²) >= 11 is 0. The molecule has 86 valence electrons. The van der Waals surface area contributed by atoms with Gasteiger partial charge in [-0.05, 0) is 25.7 Å². The third-order valence-electron chi connectivity index (χ3n) is 2.91. The smallest absolute Gasteiger partial charge is 0.211 e. The van der Waals surface area contributed by atoms with E-state index in [0.717, 1.165) is 19.3 Å². The predicted octanol–water partition coefficient (Wildman–Crippen LogP) is 1.40. The van der Waals surface area contributed by atoms with Gasteiger partial charge in [0.2, 0.25) is 10.0 Å². The van der Waals surface area contributed by atoms with Crippen LogP contribution in [-0.4, -0.2) is 19.7 Å². The van der Waals surface area contributed by atoms with Gasteiger partial charge in [-0.3, -0.25) is 0 Å². The van der Waals surface area contributed by atoms with Gasteiger partial charge in [-0.15, -0.1) is 0 Å². The Morgan fingerprint density at radius 1 is 1.47 bits per heavy atom. The molecular weight excluding hydrogens is 212 g/mol. The maximum absolute atomic E-state index is 11.6. The molecule has 4 nitrogen and oxygen atoms in total. The summed E-state index contributed by atoms with van der Waals surface area (Å²) in [6.07, 6.45) is 4.01. The van der Waals surface area contributed by atoms with Gasteiger partial charge in [0.15, 0.2) is 5.25 Å². The van der Waals surface area contributed by atoms with E-state index >= 15 is 0 Å². The summed E-state index contributed by atoms with van der Waals surface area (Å²) in [5.74, 6) is 0.573. The fraction of sp³-hybridized carbons (Fsp3) is 0.900. The van der Waals surface area contributed by atoms with Gasteiger partial charge in [0.1, 0.15) is 0 Å². The minimum atomic E-state index is -3.44. The van der Waals surface area contributed by atoms with Crippen LogP contribution in [0.1, 0.15) is 39.5 Å². The maximum atomic E-state index is 11.6. The molecule has 0 amide bonds. The first-order valence-electron chi connectivity index (χ1n) is 5.36. The Hall–Kier alpha value is -0.600. The molecule has 1 fully saturated rings. The molecular formula is C10H18N2O2S. The molecule has 3 atom stereocenters. The van der Waals surface area contributed by atoms with Crippen LogP contribution in [0.15, 0.2) is 0 Å². The Morgan fingerprint density at radius 3 is 2.67 bits per heavy atom. The van der Waals surface area contributed by atoms with E-state index in [2.05, 4.69) is 11.6 Å². The van der Waals surface area contributed by atoms with Crippen LogP contribution in [0.4, 0.5) is 0 Å². The number of nitrogens with zero attached hydrogens (tertiary/aromatic N) is 1. The van der Waals surface area contributed by atoms with Gasteiger partial charge >= 0.3 is 0 Å². The summed E-state index contributed by atoms with van der Waals surface area (Å²) in [7, 11) is -3.44. The first kappa shape index (κ1) is 12.5. The molecule has 0 radical (unpaired) electrons. The zero-order valence-electron chi connectivity index (χ0n) is 9.23. The van der Waals surface area contributed by atoms with Crippen molar-refractivity contribution in [1.29, 1.82) is 5.26 Å². The van der Waals surface area contributed by atoms with Crippen LogP contribution < -0.4 is 4.72 Å². The molecule has 0 bridgehead atoms. The highest BCUT2D eigenvalue weighted by atomic mass is 32.2. The second-order valence-electron chi connectivity index (χ2n) is 4.40. The molecule has 5 heteroatoms. The van der Waals surface area contributed by atoms with Gasteiger partial charge in [0.25, 0.3) is 0 Å². The molecule has 1 saturated carbocycles. The number of rotatable bonds is 3. The second kappa shape index (κ2) is 4.95. The average molecular weight is 230 g/mol. The highest BCUT2D eigenvalue weighted by molar-refractivity contribution is 7.90. The van der Waals surface area contributed by atoms with Gasteiger partial charge < -0.3 is 0 Å². The number of sulfonamides is 1. The maximum Gasteiger partial charge on any atom is 0.227 e. The Kier molecular flexibility index (Phi) is 4.12. The minimum absolute atomic E-state index is 0.0227. The number of nitrogens with one attached hydrogen (secondary N) is 1. The Labute approximate surface area is 91.7 Å². The van der Waals surface area contributed by atoms with E-state index in [9.17, 15) is 8.42 Å². The molecule has 0 heterocycles. The van der Waals surface area contributed by atoms with Crippen LogP contribution >= 0.6 is 0 Å². The monoisotopic (exact) mass is 230 g/mol. The fourth-order valence-electron chi connectivity index (χ4n) is 1.94. The lowest BCUT2D eigenvalue weighted by atomic mass is 9.88. The van der Waals surface area contributed by atoms with Crippen LogP contribution in [-0.2, 0) is 10.0 Å². The van der Waals surface area contributed by atoms with Gasteiger partial charge in [0, 0.05) is 6.04 Å². The SMILES string of the molecule is CC1CCCC(NS(=O)(=O)C(C)C#N)C1. The highest BCUT2D eigenvalue weighted by Gasteiger charge is 2.27. The molecule has 0 aromatic heterocycles. The summed E-state index contributed by atoms with van der Waals surface area (Å²) in [4.78, 5) is 0. The molecule has 0 aromatic rings. The molecule has 1 rings (SSSR count). The van der Waals surface area contributed by atoms with Gasteiger partial charge in [-0.25, -0.2) is 13.1 Å². The van der Waals surface area contributed by atoms with Gasteiger partial charge in [0.05, 0.1) is 6.07 Å². The van der Waals surface area contributed by atoms with Crippen molar-refractivity contribution in [1.82, 2.24) is 4.72 Å². The minimum Gasteiger partial charge on any atom is -0.211 e. The van der Waals surface area contributed by atoms with E-state index in [1.54, 1.807) is 6.07 Å². The van der Waals surface area contributed by atoms with E-state index in [1.807, 2.05) is 0 Å².